The summed E-state index contributed by atoms with van der Waals surface area (Å²) in [6.07, 6.45) is 3.59. The summed E-state index contributed by atoms with van der Waals surface area (Å²) in [5.74, 6) is 0. The van der Waals surface area contributed by atoms with Crippen LogP contribution in [-0.4, -0.2) is 30.5 Å². The largest absolute Gasteiger partial charge is 0.394 e. The van der Waals surface area contributed by atoms with E-state index in [9.17, 15) is 13.5 Å². The van der Waals surface area contributed by atoms with Crippen molar-refractivity contribution < 1.29 is 13.5 Å². The van der Waals surface area contributed by atoms with Gasteiger partial charge in [-0.3, -0.25) is 0 Å². The molecular weight excluding hydrogens is 310 g/mol. The van der Waals surface area contributed by atoms with Crippen molar-refractivity contribution >= 4 is 10.0 Å². The van der Waals surface area contributed by atoms with Crippen LogP contribution in [0.4, 0.5) is 0 Å². The van der Waals surface area contributed by atoms with Gasteiger partial charge in [-0.15, -0.1) is 0 Å². The molecule has 0 radical (unpaired) electrons. The summed E-state index contributed by atoms with van der Waals surface area (Å²) < 4.78 is 27.5. The van der Waals surface area contributed by atoms with Gasteiger partial charge >= 0.3 is 0 Å². The lowest BCUT2D eigenvalue weighted by Crippen LogP contribution is -2.39. The standard InChI is InChI=1S/C18H19NO3S/c1-14-7-10-17(11-8-14)23(21,22)19-16(13-20)9-12-18(19)15-5-3-2-4-6-15/h2-12,16,18,20H,13H2,1H3/t16-,18+/m0/s1. The summed E-state index contributed by atoms with van der Waals surface area (Å²) in [6, 6.07) is 15.3. The highest BCUT2D eigenvalue weighted by Gasteiger charge is 2.39. The number of aryl methyl sites for hydroxylation is 1. The first-order valence-corrected chi connectivity index (χ1v) is 8.92. The highest BCUT2D eigenvalue weighted by atomic mass is 32.2. The number of hydrogen-bond acceptors (Lipinski definition) is 3. The predicted molar refractivity (Wildman–Crippen MR) is 89.4 cm³/mol. The molecule has 2 aromatic carbocycles. The van der Waals surface area contributed by atoms with Gasteiger partial charge < -0.3 is 5.11 Å². The number of sulfonamides is 1. The van der Waals surface area contributed by atoms with Gasteiger partial charge in [0.2, 0.25) is 10.0 Å². The van der Waals surface area contributed by atoms with E-state index in [0.717, 1.165) is 11.1 Å². The summed E-state index contributed by atoms with van der Waals surface area (Å²) in [5.41, 5.74) is 1.89. The van der Waals surface area contributed by atoms with Crippen molar-refractivity contribution in [3.05, 3.63) is 77.9 Å². The molecule has 2 atom stereocenters. The maximum absolute atomic E-state index is 13.1. The molecule has 23 heavy (non-hydrogen) atoms. The van der Waals surface area contributed by atoms with E-state index in [1.54, 1.807) is 30.3 Å². The Hall–Kier alpha value is -1.95. The van der Waals surface area contributed by atoms with Crippen molar-refractivity contribution in [1.82, 2.24) is 4.31 Å². The molecule has 1 N–H and O–H groups in total. The molecule has 1 aliphatic rings. The van der Waals surface area contributed by atoms with E-state index in [1.165, 1.54) is 4.31 Å². The van der Waals surface area contributed by atoms with Crippen LogP contribution in [0.15, 0.2) is 71.6 Å². The Morgan fingerprint density at radius 2 is 1.65 bits per heavy atom. The quantitative estimate of drug-likeness (QED) is 0.878. The van der Waals surface area contributed by atoms with Gasteiger partial charge in [0, 0.05) is 0 Å². The van der Waals surface area contributed by atoms with E-state index in [2.05, 4.69) is 0 Å². The number of rotatable bonds is 4. The number of aliphatic hydroxyl groups is 1. The van der Waals surface area contributed by atoms with Crippen LogP contribution in [-0.2, 0) is 10.0 Å². The van der Waals surface area contributed by atoms with Crippen LogP contribution < -0.4 is 0 Å². The average molecular weight is 329 g/mol. The van der Waals surface area contributed by atoms with Gasteiger partial charge in [0.05, 0.1) is 23.6 Å². The van der Waals surface area contributed by atoms with Crippen molar-refractivity contribution in [3.8, 4) is 0 Å². The molecule has 0 aromatic heterocycles. The second-order valence-corrected chi connectivity index (χ2v) is 7.48. The molecule has 0 bridgehead atoms. The minimum atomic E-state index is -3.70. The fourth-order valence-electron chi connectivity index (χ4n) is 2.82. The molecule has 120 valence electrons. The van der Waals surface area contributed by atoms with Crippen LogP contribution in [0.3, 0.4) is 0 Å². The first-order valence-electron chi connectivity index (χ1n) is 7.48. The highest BCUT2D eigenvalue weighted by Crippen LogP contribution is 2.35. The van der Waals surface area contributed by atoms with Crippen LogP contribution in [0, 0.1) is 6.92 Å². The van der Waals surface area contributed by atoms with E-state index in [-0.39, 0.29) is 11.5 Å². The van der Waals surface area contributed by atoms with E-state index in [0.29, 0.717) is 0 Å². The summed E-state index contributed by atoms with van der Waals surface area (Å²) in [4.78, 5) is 0.242. The van der Waals surface area contributed by atoms with Crippen LogP contribution in [0.2, 0.25) is 0 Å². The summed E-state index contributed by atoms with van der Waals surface area (Å²) in [6.45, 7) is 1.67. The van der Waals surface area contributed by atoms with Crippen LogP contribution in [0.5, 0.6) is 0 Å². The third-order valence-corrected chi connectivity index (χ3v) is 5.96. The van der Waals surface area contributed by atoms with Gasteiger partial charge in [-0.2, -0.15) is 4.31 Å². The molecule has 3 rings (SSSR count). The monoisotopic (exact) mass is 329 g/mol. The van der Waals surface area contributed by atoms with E-state index in [4.69, 9.17) is 0 Å². The number of nitrogens with zero attached hydrogens (tertiary/aromatic N) is 1. The minimum Gasteiger partial charge on any atom is -0.394 e. The second kappa shape index (κ2) is 6.28. The zero-order chi connectivity index (χ0) is 16.4. The molecule has 1 heterocycles. The smallest absolute Gasteiger partial charge is 0.244 e. The van der Waals surface area contributed by atoms with Crippen LogP contribution in [0.1, 0.15) is 17.2 Å². The maximum Gasteiger partial charge on any atom is 0.244 e. The molecule has 5 heteroatoms. The molecule has 0 saturated heterocycles. The Morgan fingerprint density at radius 1 is 1.00 bits per heavy atom. The normalized spacial score (nSPS) is 21.7. The van der Waals surface area contributed by atoms with Gasteiger partial charge in [-0.25, -0.2) is 8.42 Å². The summed E-state index contributed by atoms with van der Waals surface area (Å²) >= 11 is 0. The van der Waals surface area contributed by atoms with Crippen LogP contribution >= 0.6 is 0 Å². The molecule has 0 unspecified atom stereocenters. The molecule has 2 aromatic rings. The minimum absolute atomic E-state index is 0.242. The van der Waals surface area contributed by atoms with Gasteiger partial charge in [0.1, 0.15) is 0 Å². The van der Waals surface area contributed by atoms with Crippen molar-refractivity contribution in [3.63, 3.8) is 0 Å². The summed E-state index contributed by atoms with van der Waals surface area (Å²) in [5, 5.41) is 9.60. The van der Waals surface area contributed by atoms with Crippen molar-refractivity contribution in [2.45, 2.75) is 23.9 Å². The first-order chi connectivity index (χ1) is 11.0. The predicted octanol–water partition coefficient (Wildman–Crippen LogP) is 2.66. The Balaban J connectivity index is 2.04. The zero-order valence-electron chi connectivity index (χ0n) is 12.8. The fourth-order valence-corrected chi connectivity index (χ4v) is 4.53. The van der Waals surface area contributed by atoms with Gasteiger partial charge in [-0.1, -0.05) is 60.2 Å². The molecule has 0 saturated carbocycles. The van der Waals surface area contributed by atoms with Crippen LogP contribution in [0.25, 0.3) is 0 Å². The maximum atomic E-state index is 13.1. The SMILES string of the molecule is Cc1ccc(S(=O)(=O)N2[C@@H](c3ccccc3)C=C[C@H]2CO)cc1. The third-order valence-electron chi connectivity index (χ3n) is 4.04. The molecule has 0 amide bonds. The first kappa shape index (κ1) is 15.9. The third kappa shape index (κ3) is 2.95. The molecule has 0 fully saturated rings. The number of aliphatic hydroxyl groups excluding tert-OH is 1. The van der Waals surface area contributed by atoms with E-state index >= 15 is 0 Å². The lowest BCUT2D eigenvalue weighted by Gasteiger charge is -2.29. The Bertz CT molecular complexity index is 798. The Kier molecular flexibility index (Phi) is 4.35. The Morgan fingerprint density at radius 3 is 2.26 bits per heavy atom. The number of hydrogen-bond donors (Lipinski definition) is 1. The lowest BCUT2D eigenvalue weighted by molar-refractivity contribution is 0.211. The lowest BCUT2D eigenvalue weighted by atomic mass is 10.1. The van der Waals surface area contributed by atoms with E-state index in [1.807, 2.05) is 43.3 Å². The second-order valence-electron chi connectivity index (χ2n) is 5.64. The average Bonchev–Trinajstić information content (AvgIpc) is 3.01. The van der Waals surface area contributed by atoms with Crippen molar-refractivity contribution in [2.75, 3.05) is 6.61 Å². The molecular formula is C18H19NO3S. The topological polar surface area (TPSA) is 57.6 Å². The fraction of sp³-hybridized carbons (Fsp3) is 0.222. The van der Waals surface area contributed by atoms with Gasteiger partial charge in [0.15, 0.2) is 0 Å². The van der Waals surface area contributed by atoms with Gasteiger partial charge in [-0.05, 0) is 24.6 Å². The van der Waals surface area contributed by atoms with Gasteiger partial charge in [0.25, 0.3) is 0 Å². The molecule has 0 aliphatic carbocycles. The van der Waals surface area contributed by atoms with E-state index < -0.39 is 22.1 Å². The van der Waals surface area contributed by atoms with Crippen molar-refractivity contribution in [2.24, 2.45) is 0 Å². The molecule has 1 aliphatic heterocycles. The number of benzene rings is 2. The van der Waals surface area contributed by atoms with Crippen molar-refractivity contribution in [1.29, 1.82) is 0 Å². The highest BCUT2D eigenvalue weighted by molar-refractivity contribution is 7.89. The summed E-state index contributed by atoms with van der Waals surface area (Å²) in [7, 11) is -3.70. The molecule has 4 nitrogen and oxygen atoms in total. The Labute approximate surface area is 136 Å². The zero-order valence-corrected chi connectivity index (χ0v) is 13.6. The molecule has 0 spiro atoms.